The number of phenols is 1. The first-order valence-electron chi connectivity index (χ1n) is 7.30. The van der Waals surface area contributed by atoms with Crippen LogP contribution in [0.3, 0.4) is 0 Å². The monoisotopic (exact) mass is 279 g/mol. The fourth-order valence-electron chi connectivity index (χ4n) is 2.72. The first-order chi connectivity index (χ1) is 10.3. The van der Waals surface area contributed by atoms with E-state index in [1.165, 1.54) is 18.4 Å². The smallest absolute Gasteiger partial charge is 0.129 e. The topological polar surface area (TPSA) is 50.1 Å². The number of anilines is 1. The molecule has 21 heavy (non-hydrogen) atoms. The maximum absolute atomic E-state index is 9.32. The van der Waals surface area contributed by atoms with E-state index in [2.05, 4.69) is 28.1 Å². The lowest BCUT2D eigenvalue weighted by molar-refractivity contribution is 0.475. The van der Waals surface area contributed by atoms with Crippen molar-refractivity contribution >= 4 is 16.7 Å². The second kappa shape index (κ2) is 4.81. The molecule has 0 unspecified atom stereocenters. The molecule has 2 aromatic carbocycles. The number of nitrogens with one attached hydrogen (secondary N) is 1. The maximum atomic E-state index is 9.32. The number of hydrogen-bond donors (Lipinski definition) is 2. The van der Waals surface area contributed by atoms with Gasteiger partial charge in [0.15, 0.2) is 0 Å². The van der Waals surface area contributed by atoms with Crippen LogP contribution in [0.1, 0.15) is 24.7 Å². The van der Waals surface area contributed by atoms with Gasteiger partial charge in [-0.25, -0.2) is 4.98 Å². The lowest BCUT2D eigenvalue weighted by Crippen LogP contribution is -2.07. The first-order valence-corrected chi connectivity index (χ1v) is 7.30. The minimum atomic E-state index is 0.283. The van der Waals surface area contributed by atoms with Gasteiger partial charge >= 0.3 is 0 Å². The largest absolute Gasteiger partial charge is 0.508 e. The standard InChI is InChI=1S/C17H17N3O/c21-14-9-5-12(6-10-14)18-11-17-19-15-3-1-2-4-16(15)20(17)13-7-8-13/h1-6,9-10,13,18,21H,7-8,11H2. The van der Waals surface area contributed by atoms with Crippen LogP contribution in [0.5, 0.6) is 5.75 Å². The molecule has 1 fully saturated rings. The fraction of sp³-hybridized carbons (Fsp3) is 0.235. The number of aromatic nitrogens is 2. The quantitative estimate of drug-likeness (QED) is 0.716. The molecule has 0 amide bonds. The Morgan fingerprint density at radius 1 is 1.10 bits per heavy atom. The Balaban J connectivity index is 1.63. The molecule has 4 nitrogen and oxygen atoms in total. The summed E-state index contributed by atoms with van der Waals surface area (Å²) in [6.07, 6.45) is 2.49. The lowest BCUT2D eigenvalue weighted by Gasteiger charge is -2.09. The van der Waals surface area contributed by atoms with Gasteiger partial charge in [-0.3, -0.25) is 0 Å². The van der Waals surface area contributed by atoms with Crippen LogP contribution >= 0.6 is 0 Å². The van der Waals surface area contributed by atoms with Crippen LogP contribution in [0.2, 0.25) is 0 Å². The molecular weight excluding hydrogens is 262 g/mol. The molecule has 0 spiro atoms. The molecule has 0 aliphatic heterocycles. The summed E-state index contributed by atoms with van der Waals surface area (Å²) in [5, 5.41) is 12.7. The molecule has 3 aromatic rings. The summed E-state index contributed by atoms with van der Waals surface area (Å²) in [4.78, 5) is 4.76. The van der Waals surface area contributed by atoms with Crippen LogP contribution in [0.25, 0.3) is 11.0 Å². The van der Waals surface area contributed by atoms with Gasteiger partial charge in [-0.05, 0) is 49.2 Å². The van der Waals surface area contributed by atoms with Crippen LogP contribution < -0.4 is 5.32 Å². The van der Waals surface area contributed by atoms with Crippen molar-refractivity contribution in [2.24, 2.45) is 0 Å². The minimum Gasteiger partial charge on any atom is -0.508 e. The van der Waals surface area contributed by atoms with Gasteiger partial charge in [0.05, 0.1) is 17.6 Å². The molecule has 4 heteroatoms. The van der Waals surface area contributed by atoms with E-state index in [0.29, 0.717) is 12.6 Å². The second-order valence-corrected chi connectivity index (χ2v) is 5.52. The maximum Gasteiger partial charge on any atom is 0.129 e. The Bertz CT molecular complexity index is 772. The van der Waals surface area contributed by atoms with Crippen LogP contribution in [-0.4, -0.2) is 14.7 Å². The Labute approximate surface area is 123 Å². The zero-order chi connectivity index (χ0) is 14.2. The number of imidazole rings is 1. The molecule has 1 aliphatic rings. The van der Waals surface area contributed by atoms with Crippen LogP contribution in [0, 0.1) is 0 Å². The molecule has 2 N–H and O–H groups in total. The van der Waals surface area contributed by atoms with Gasteiger partial charge < -0.3 is 15.0 Å². The highest BCUT2D eigenvalue weighted by Gasteiger charge is 2.27. The van der Waals surface area contributed by atoms with Gasteiger partial charge in [-0.2, -0.15) is 0 Å². The number of benzene rings is 2. The summed E-state index contributed by atoms with van der Waals surface area (Å²) in [5.74, 6) is 1.36. The third-order valence-corrected chi connectivity index (χ3v) is 3.90. The van der Waals surface area contributed by atoms with Crippen molar-refractivity contribution in [1.82, 2.24) is 9.55 Å². The van der Waals surface area contributed by atoms with Gasteiger partial charge in [0.1, 0.15) is 11.6 Å². The number of fused-ring (bicyclic) bond motifs is 1. The van der Waals surface area contributed by atoms with Gasteiger partial charge in [0, 0.05) is 11.7 Å². The molecule has 0 radical (unpaired) electrons. The fourth-order valence-corrected chi connectivity index (χ4v) is 2.72. The molecule has 0 bridgehead atoms. The van der Waals surface area contributed by atoms with Crippen LogP contribution in [-0.2, 0) is 6.54 Å². The van der Waals surface area contributed by atoms with Crippen molar-refractivity contribution in [2.45, 2.75) is 25.4 Å². The average Bonchev–Trinajstić information content (AvgIpc) is 3.27. The van der Waals surface area contributed by atoms with E-state index < -0.39 is 0 Å². The third-order valence-electron chi connectivity index (χ3n) is 3.90. The van der Waals surface area contributed by atoms with Gasteiger partial charge in [-0.1, -0.05) is 12.1 Å². The predicted octanol–water partition coefficient (Wildman–Crippen LogP) is 3.69. The number of para-hydroxylation sites is 2. The highest BCUT2D eigenvalue weighted by molar-refractivity contribution is 5.76. The van der Waals surface area contributed by atoms with E-state index in [0.717, 1.165) is 17.0 Å². The normalized spacial score (nSPS) is 14.5. The lowest BCUT2D eigenvalue weighted by atomic mass is 10.3. The Morgan fingerprint density at radius 2 is 1.86 bits per heavy atom. The second-order valence-electron chi connectivity index (χ2n) is 5.52. The van der Waals surface area contributed by atoms with E-state index in [1.54, 1.807) is 12.1 Å². The molecule has 4 rings (SSSR count). The number of nitrogens with zero attached hydrogens (tertiary/aromatic N) is 2. The van der Waals surface area contributed by atoms with Crippen molar-refractivity contribution in [3.63, 3.8) is 0 Å². The van der Waals surface area contributed by atoms with Gasteiger partial charge in [0.25, 0.3) is 0 Å². The molecule has 1 aromatic heterocycles. The summed E-state index contributed by atoms with van der Waals surface area (Å²) in [6, 6.07) is 16.0. The number of aromatic hydroxyl groups is 1. The van der Waals surface area contributed by atoms with Crippen molar-refractivity contribution < 1.29 is 5.11 Å². The zero-order valence-corrected chi connectivity index (χ0v) is 11.7. The molecule has 1 heterocycles. The van der Waals surface area contributed by atoms with Crippen LogP contribution in [0.15, 0.2) is 48.5 Å². The van der Waals surface area contributed by atoms with Gasteiger partial charge in [-0.15, -0.1) is 0 Å². The van der Waals surface area contributed by atoms with E-state index in [4.69, 9.17) is 4.98 Å². The summed E-state index contributed by atoms with van der Waals surface area (Å²) >= 11 is 0. The highest BCUT2D eigenvalue weighted by Crippen LogP contribution is 2.38. The summed E-state index contributed by atoms with van der Waals surface area (Å²) < 4.78 is 2.36. The van der Waals surface area contributed by atoms with Crippen molar-refractivity contribution in [2.75, 3.05) is 5.32 Å². The van der Waals surface area contributed by atoms with E-state index in [1.807, 2.05) is 18.2 Å². The summed E-state index contributed by atoms with van der Waals surface area (Å²) in [7, 11) is 0. The predicted molar refractivity (Wildman–Crippen MR) is 83.4 cm³/mol. The zero-order valence-electron chi connectivity index (χ0n) is 11.7. The molecule has 1 aliphatic carbocycles. The highest BCUT2D eigenvalue weighted by atomic mass is 16.3. The molecular formula is C17H17N3O. The molecule has 0 saturated heterocycles. The molecule has 1 saturated carbocycles. The number of phenolic OH excluding ortho intramolecular Hbond substituents is 1. The minimum absolute atomic E-state index is 0.283. The van der Waals surface area contributed by atoms with Crippen molar-refractivity contribution in [1.29, 1.82) is 0 Å². The van der Waals surface area contributed by atoms with E-state index >= 15 is 0 Å². The van der Waals surface area contributed by atoms with E-state index in [9.17, 15) is 5.11 Å². The Morgan fingerprint density at radius 3 is 2.62 bits per heavy atom. The Kier molecular flexibility index (Phi) is 2.81. The average molecular weight is 279 g/mol. The Hall–Kier alpha value is -2.49. The van der Waals surface area contributed by atoms with Crippen LogP contribution in [0.4, 0.5) is 5.69 Å². The van der Waals surface area contributed by atoms with Crippen molar-refractivity contribution in [3.05, 3.63) is 54.4 Å². The molecule has 0 atom stereocenters. The first kappa shape index (κ1) is 12.3. The summed E-state index contributed by atoms with van der Waals surface area (Å²) in [5.41, 5.74) is 3.27. The van der Waals surface area contributed by atoms with Gasteiger partial charge in [0.2, 0.25) is 0 Å². The SMILES string of the molecule is Oc1ccc(NCc2nc3ccccc3n2C2CC2)cc1. The van der Waals surface area contributed by atoms with E-state index in [-0.39, 0.29) is 5.75 Å². The summed E-state index contributed by atoms with van der Waals surface area (Å²) in [6.45, 7) is 0.690. The third kappa shape index (κ3) is 2.33. The molecule has 106 valence electrons. The number of hydrogen-bond acceptors (Lipinski definition) is 3. The van der Waals surface area contributed by atoms with Crippen molar-refractivity contribution in [3.8, 4) is 5.75 Å². The number of rotatable bonds is 4.